The quantitative estimate of drug-likeness (QED) is 0.836. The molecule has 3 heteroatoms. The van der Waals surface area contributed by atoms with Gasteiger partial charge >= 0.3 is 0 Å². The summed E-state index contributed by atoms with van der Waals surface area (Å²) in [5.41, 5.74) is 3.68. The Morgan fingerprint density at radius 1 is 1.15 bits per heavy atom. The van der Waals surface area contributed by atoms with Crippen LogP contribution in [0.15, 0.2) is 54.6 Å². The molecule has 1 amide bonds. The molecule has 0 atom stereocenters. The summed E-state index contributed by atoms with van der Waals surface area (Å²) in [7, 11) is 0. The second kappa shape index (κ2) is 6.68. The molecular weight excluding hydrogens is 250 g/mol. The van der Waals surface area contributed by atoms with E-state index in [0.29, 0.717) is 5.69 Å². The normalized spacial score (nSPS) is 10.7. The monoisotopic (exact) mass is 267 g/mol. The van der Waals surface area contributed by atoms with Gasteiger partial charge in [-0.15, -0.1) is 0 Å². The topological polar surface area (TPSA) is 49.3 Å². The molecule has 0 spiro atoms. The molecule has 0 saturated heterocycles. The molecule has 0 aromatic heterocycles. The summed E-state index contributed by atoms with van der Waals surface area (Å²) in [6, 6.07) is 15.0. The van der Waals surface area contributed by atoms with Crippen LogP contribution in [0, 0.1) is 6.92 Å². The number of amides is 1. The van der Waals surface area contributed by atoms with Crippen LogP contribution in [-0.2, 0) is 11.4 Å². The van der Waals surface area contributed by atoms with Crippen LogP contribution in [0.3, 0.4) is 0 Å². The zero-order chi connectivity index (χ0) is 14.4. The Morgan fingerprint density at radius 3 is 2.50 bits per heavy atom. The maximum absolute atomic E-state index is 11.8. The minimum Gasteiger partial charge on any atom is -0.392 e. The fraction of sp³-hybridized carbons (Fsp3) is 0.118. The van der Waals surface area contributed by atoms with Gasteiger partial charge in [0.2, 0.25) is 5.91 Å². The number of carbonyl (C=O) groups is 1. The Hall–Kier alpha value is -2.39. The molecule has 2 aromatic rings. The summed E-state index contributed by atoms with van der Waals surface area (Å²) >= 11 is 0. The molecule has 2 aromatic carbocycles. The van der Waals surface area contributed by atoms with Crippen molar-refractivity contribution in [2.75, 3.05) is 5.32 Å². The molecule has 20 heavy (non-hydrogen) atoms. The second-order valence-electron chi connectivity index (χ2n) is 4.53. The average molecular weight is 267 g/mol. The van der Waals surface area contributed by atoms with Crippen molar-refractivity contribution >= 4 is 17.7 Å². The number of aliphatic hydroxyl groups is 1. The molecule has 2 N–H and O–H groups in total. The van der Waals surface area contributed by atoms with E-state index in [4.69, 9.17) is 5.11 Å². The molecular formula is C17H17NO2. The highest BCUT2D eigenvalue weighted by Gasteiger charge is 1.99. The number of carbonyl (C=O) groups excluding carboxylic acids is 1. The molecule has 0 aliphatic heterocycles. The molecule has 0 heterocycles. The van der Waals surface area contributed by atoms with Crippen LogP contribution < -0.4 is 5.32 Å². The van der Waals surface area contributed by atoms with E-state index in [9.17, 15) is 4.79 Å². The SMILES string of the molecule is Cc1ccccc1C=CC(=O)Nc1ccc(CO)cc1. The van der Waals surface area contributed by atoms with Gasteiger partial charge in [-0.3, -0.25) is 4.79 Å². The molecule has 0 fully saturated rings. The van der Waals surface area contributed by atoms with Crippen LogP contribution in [0.1, 0.15) is 16.7 Å². The van der Waals surface area contributed by atoms with Gasteiger partial charge in [0, 0.05) is 11.8 Å². The van der Waals surface area contributed by atoms with Gasteiger partial charge in [0.05, 0.1) is 6.61 Å². The lowest BCUT2D eigenvalue weighted by Gasteiger charge is -2.03. The first-order valence-electron chi connectivity index (χ1n) is 6.43. The highest BCUT2D eigenvalue weighted by molar-refractivity contribution is 6.02. The van der Waals surface area contributed by atoms with Gasteiger partial charge in [0.1, 0.15) is 0 Å². The molecule has 3 nitrogen and oxygen atoms in total. The van der Waals surface area contributed by atoms with Crippen molar-refractivity contribution in [3.05, 3.63) is 71.3 Å². The molecule has 0 radical (unpaired) electrons. The lowest BCUT2D eigenvalue weighted by molar-refractivity contribution is -0.111. The van der Waals surface area contributed by atoms with E-state index < -0.39 is 0 Å². The number of hydrogen-bond acceptors (Lipinski definition) is 2. The first-order valence-corrected chi connectivity index (χ1v) is 6.43. The number of aliphatic hydroxyl groups excluding tert-OH is 1. The van der Waals surface area contributed by atoms with E-state index in [2.05, 4.69) is 5.32 Å². The minimum atomic E-state index is -0.176. The standard InChI is InChI=1S/C17H17NO2/c1-13-4-2-3-5-15(13)8-11-17(20)18-16-9-6-14(12-19)7-10-16/h2-11,19H,12H2,1H3,(H,18,20). The largest absolute Gasteiger partial charge is 0.392 e. The summed E-state index contributed by atoms with van der Waals surface area (Å²) in [5, 5.41) is 11.7. The fourth-order valence-corrected chi connectivity index (χ4v) is 1.82. The molecule has 0 unspecified atom stereocenters. The van der Waals surface area contributed by atoms with Crippen molar-refractivity contribution < 1.29 is 9.90 Å². The minimum absolute atomic E-state index is 0.00140. The predicted octanol–water partition coefficient (Wildman–Crippen LogP) is 3.14. The summed E-state index contributed by atoms with van der Waals surface area (Å²) in [5.74, 6) is -0.176. The highest BCUT2D eigenvalue weighted by Crippen LogP contribution is 2.11. The van der Waals surface area contributed by atoms with E-state index in [0.717, 1.165) is 16.7 Å². The fourth-order valence-electron chi connectivity index (χ4n) is 1.82. The van der Waals surface area contributed by atoms with Crippen molar-refractivity contribution in [3.8, 4) is 0 Å². The van der Waals surface area contributed by atoms with Crippen molar-refractivity contribution in [1.29, 1.82) is 0 Å². The molecule has 2 rings (SSSR count). The van der Waals surface area contributed by atoms with E-state index in [1.165, 1.54) is 6.08 Å². The van der Waals surface area contributed by atoms with Crippen molar-refractivity contribution in [1.82, 2.24) is 0 Å². The van der Waals surface area contributed by atoms with Crippen molar-refractivity contribution in [2.24, 2.45) is 0 Å². The number of rotatable bonds is 4. The van der Waals surface area contributed by atoms with Crippen LogP contribution in [0.4, 0.5) is 5.69 Å². The summed E-state index contributed by atoms with van der Waals surface area (Å²) in [4.78, 5) is 11.8. The molecule has 0 aliphatic rings. The van der Waals surface area contributed by atoms with Crippen LogP contribution in [0.2, 0.25) is 0 Å². The highest BCUT2D eigenvalue weighted by atomic mass is 16.3. The third-order valence-electron chi connectivity index (χ3n) is 3.01. The van der Waals surface area contributed by atoms with Gasteiger partial charge < -0.3 is 10.4 Å². The van der Waals surface area contributed by atoms with Gasteiger partial charge in [-0.2, -0.15) is 0 Å². The Bertz CT molecular complexity index is 615. The van der Waals surface area contributed by atoms with Crippen LogP contribution in [0.5, 0.6) is 0 Å². The average Bonchev–Trinajstić information content (AvgIpc) is 2.47. The van der Waals surface area contributed by atoms with E-state index in [-0.39, 0.29) is 12.5 Å². The van der Waals surface area contributed by atoms with E-state index in [1.54, 1.807) is 30.3 Å². The summed E-state index contributed by atoms with van der Waals surface area (Å²) in [6.07, 6.45) is 3.31. The first-order chi connectivity index (χ1) is 9.69. The zero-order valence-electron chi connectivity index (χ0n) is 11.3. The van der Waals surface area contributed by atoms with Crippen LogP contribution >= 0.6 is 0 Å². The number of benzene rings is 2. The Labute approximate surface area is 118 Å². The number of nitrogens with one attached hydrogen (secondary N) is 1. The van der Waals surface area contributed by atoms with Crippen LogP contribution in [-0.4, -0.2) is 11.0 Å². The zero-order valence-corrected chi connectivity index (χ0v) is 11.3. The molecule has 0 aliphatic carbocycles. The van der Waals surface area contributed by atoms with Crippen LogP contribution in [0.25, 0.3) is 6.08 Å². The van der Waals surface area contributed by atoms with Crippen molar-refractivity contribution in [3.63, 3.8) is 0 Å². The Kier molecular flexibility index (Phi) is 4.69. The lowest BCUT2D eigenvalue weighted by atomic mass is 10.1. The smallest absolute Gasteiger partial charge is 0.248 e. The summed E-state index contributed by atoms with van der Waals surface area (Å²) in [6.45, 7) is 2.01. The van der Waals surface area contributed by atoms with Gasteiger partial charge in [0.25, 0.3) is 0 Å². The number of anilines is 1. The third kappa shape index (κ3) is 3.80. The van der Waals surface area contributed by atoms with Gasteiger partial charge in [0.15, 0.2) is 0 Å². The maximum Gasteiger partial charge on any atom is 0.248 e. The second-order valence-corrected chi connectivity index (χ2v) is 4.53. The van der Waals surface area contributed by atoms with Gasteiger partial charge in [-0.25, -0.2) is 0 Å². The van der Waals surface area contributed by atoms with Crippen molar-refractivity contribution in [2.45, 2.75) is 13.5 Å². The lowest BCUT2D eigenvalue weighted by Crippen LogP contribution is -2.07. The molecule has 102 valence electrons. The maximum atomic E-state index is 11.8. The number of aryl methyl sites for hydroxylation is 1. The van der Waals surface area contributed by atoms with E-state index >= 15 is 0 Å². The Balaban J connectivity index is 2.00. The molecule has 0 saturated carbocycles. The van der Waals surface area contributed by atoms with Gasteiger partial charge in [-0.05, 0) is 41.8 Å². The van der Waals surface area contributed by atoms with Gasteiger partial charge in [-0.1, -0.05) is 36.4 Å². The summed E-state index contributed by atoms with van der Waals surface area (Å²) < 4.78 is 0. The van der Waals surface area contributed by atoms with E-state index in [1.807, 2.05) is 31.2 Å². The number of hydrogen-bond donors (Lipinski definition) is 2. The first kappa shape index (κ1) is 14.0. The Morgan fingerprint density at radius 2 is 1.85 bits per heavy atom. The molecule has 0 bridgehead atoms. The third-order valence-corrected chi connectivity index (χ3v) is 3.01. The predicted molar refractivity (Wildman–Crippen MR) is 81.2 cm³/mol.